The molecular formula is C15H20O4Si. The maximum Gasteiger partial charge on any atom is 0.343 e. The smallest absolute Gasteiger partial charge is 0.343 e. The molecule has 0 saturated heterocycles. The fourth-order valence-corrected chi connectivity index (χ4v) is 2.63. The average molecular weight is 292 g/mol. The second kappa shape index (κ2) is 6.52. The highest BCUT2D eigenvalue weighted by Gasteiger charge is 2.22. The van der Waals surface area contributed by atoms with E-state index in [0.29, 0.717) is 11.3 Å². The maximum absolute atomic E-state index is 12.0. The van der Waals surface area contributed by atoms with Gasteiger partial charge in [0, 0.05) is 6.92 Å². The molecule has 0 aliphatic heterocycles. The van der Waals surface area contributed by atoms with Crippen LogP contribution in [0.5, 0.6) is 0 Å². The van der Waals surface area contributed by atoms with Crippen LogP contribution >= 0.6 is 0 Å². The number of carbonyl (C=O) groups is 2. The van der Waals surface area contributed by atoms with Gasteiger partial charge in [-0.25, -0.2) is 4.79 Å². The largest absolute Gasteiger partial charge is 0.545 e. The van der Waals surface area contributed by atoms with Gasteiger partial charge >= 0.3 is 5.97 Å². The van der Waals surface area contributed by atoms with Crippen molar-refractivity contribution in [3.05, 3.63) is 47.4 Å². The number of benzene rings is 1. The van der Waals surface area contributed by atoms with Gasteiger partial charge in [-0.3, -0.25) is 4.79 Å². The van der Waals surface area contributed by atoms with Gasteiger partial charge in [-0.2, -0.15) is 0 Å². The first kappa shape index (κ1) is 16.2. The van der Waals surface area contributed by atoms with E-state index in [0.717, 1.165) is 0 Å². The summed E-state index contributed by atoms with van der Waals surface area (Å²) in [6.45, 7) is 8.98. The number of esters is 1. The molecule has 0 saturated carbocycles. The van der Waals surface area contributed by atoms with Crippen molar-refractivity contribution in [3.8, 4) is 0 Å². The molecule has 0 unspecified atom stereocenters. The minimum atomic E-state index is -1.86. The van der Waals surface area contributed by atoms with Crippen molar-refractivity contribution < 1.29 is 18.8 Å². The van der Waals surface area contributed by atoms with Crippen LogP contribution in [0.2, 0.25) is 19.6 Å². The van der Waals surface area contributed by atoms with Gasteiger partial charge < -0.3 is 9.16 Å². The average Bonchev–Trinajstić information content (AvgIpc) is 2.34. The highest BCUT2D eigenvalue weighted by atomic mass is 28.4. The molecule has 0 spiro atoms. The standard InChI is InChI=1S/C15H20O4Si/c1-11(16)14(12(2)19-20(3,4)5)18-15(17)13-9-7-6-8-10-13/h6-10H,1-5H3/b14-12+. The zero-order chi connectivity index (χ0) is 15.3. The van der Waals surface area contributed by atoms with E-state index in [1.165, 1.54) is 6.92 Å². The number of hydrogen-bond donors (Lipinski definition) is 0. The minimum absolute atomic E-state index is 0.0266. The molecule has 0 radical (unpaired) electrons. The molecule has 0 amide bonds. The zero-order valence-corrected chi connectivity index (χ0v) is 13.5. The Bertz CT molecular complexity index is 527. The molecule has 0 N–H and O–H groups in total. The summed E-state index contributed by atoms with van der Waals surface area (Å²) < 4.78 is 10.9. The quantitative estimate of drug-likeness (QED) is 0.361. The predicted molar refractivity (Wildman–Crippen MR) is 79.7 cm³/mol. The molecule has 108 valence electrons. The molecular weight excluding hydrogens is 272 g/mol. The Morgan fingerprint density at radius 1 is 1.00 bits per heavy atom. The van der Waals surface area contributed by atoms with Gasteiger partial charge in [-0.1, -0.05) is 18.2 Å². The van der Waals surface area contributed by atoms with Gasteiger partial charge in [-0.15, -0.1) is 0 Å². The van der Waals surface area contributed by atoms with E-state index in [2.05, 4.69) is 0 Å². The number of carbonyl (C=O) groups excluding carboxylic acids is 2. The Kier molecular flexibility index (Phi) is 5.27. The van der Waals surface area contributed by atoms with Gasteiger partial charge in [0.15, 0.2) is 5.78 Å². The van der Waals surface area contributed by atoms with Crippen LogP contribution < -0.4 is 0 Å². The third-order valence-corrected chi connectivity index (χ3v) is 3.22. The normalized spacial score (nSPS) is 12.4. The van der Waals surface area contributed by atoms with Crippen molar-refractivity contribution in [2.24, 2.45) is 0 Å². The second-order valence-corrected chi connectivity index (χ2v) is 9.84. The first-order chi connectivity index (χ1) is 9.20. The molecule has 1 aromatic carbocycles. The molecule has 0 bridgehead atoms. The lowest BCUT2D eigenvalue weighted by atomic mass is 10.2. The molecule has 1 aromatic rings. The Hall–Kier alpha value is -1.88. The molecule has 0 aliphatic rings. The van der Waals surface area contributed by atoms with E-state index in [1.807, 2.05) is 19.6 Å². The van der Waals surface area contributed by atoms with Crippen LogP contribution in [0.25, 0.3) is 0 Å². The number of allylic oxidation sites excluding steroid dienone is 2. The van der Waals surface area contributed by atoms with Gasteiger partial charge in [0.2, 0.25) is 14.1 Å². The van der Waals surface area contributed by atoms with Gasteiger partial charge in [0.05, 0.1) is 5.56 Å². The van der Waals surface area contributed by atoms with Crippen LogP contribution in [0, 0.1) is 0 Å². The highest BCUT2D eigenvalue weighted by Crippen LogP contribution is 2.17. The lowest BCUT2D eigenvalue weighted by Crippen LogP contribution is -2.26. The predicted octanol–water partition coefficient (Wildman–Crippen LogP) is 3.52. The van der Waals surface area contributed by atoms with Crippen LogP contribution in [0.15, 0.2) is 41.9 Å². The summed E-state index contributed by atoms with van der Waals surface area (Å²) in [5.74, 6) is -0.554. The van der Waals surface area contributed by atoms with Crippen LogP contribution in [0.4, 0.5) is 0 Å². The van der Waals surface area contributed by atoms with E-state index < -0.39 is 14.3 Å². The Morgan fingerprint density at radius 3 is 2.00 bits per heavy atom. The first-order valence-corrected chi connectivity index (χ1v) is 9.79. The summed E-state index contributed by atoms with van der Waals surface area (Å²) in [5, 5.41) is 0. The molecule has 0 aromatic heterocycles. The number of hydrogen-bond acceptors (Lipinski definition) is 4. The summed E-state index contributed by atoms with van der Waals surface area (Å²) in [7, 11) is -1.86. The van der Waals surface area contributed by atoms with Crippen LogP contribution in [0.3, 0.4) is 0 Å². The fourth-order valence-electron chi connectivity index (χ4n) is 1.62. The highest BCUT2D eigenvalue weighted by molar-refractivity contribution is 6.70. The topological polar surface area (TPSA) is 52.6 Å². The monoisotopic (exact) mass is 292 g/mol. The van der Waals surface area contributed by atoms with E-state index in [4.69, 9.17) is 9.16 Å². The Balaban J connectivity index is 2.97. The first-order valence-electron chi connectivity index (χ1n) is 6.39. The third kappa shape index (κ3) is 5.01. The molecule has 0 fully saturated rings. The van der Waals surface area contributed by atoms with E-state index in [-0.39, 0.29) is 11.5 Å². The number of rotatable bonds is 5. The number of ether oxygens (including phenoxy) is 1. The SMILES string of the molecule is CC(=O)/C(OC(=O)c1ccccc1)=C(/C)O[Si](C)(C)C. The fraction of sp³-hybridized carbons (Fsp3) is 0.333. The minimum Gasteiger partial charge on any atom is -0.545 e. The van der Waals surface area contributed by atoms with Gasteiger partial charge in [-0.05, 0) is 38.7 Å². The van der Waals surface area contributed by atoms with E-state index in [9.17, 15) is 9.59 Å². The zero-order valence-electron chi connectivity index (χ0n) is 12.5. The molecule has 0 atom stereocenters. The van der Waals surface area contributed by atoms with Crippen molar-refractivity contribution in [3.63, 3.8) is 0 Å². The van der Waals surface area contributed by atoms with E-state index >= 15 is 0 Å². The lowest BCUT2D eigenvalue weighted by Gasteiger charge is -2.21. The van der Waals surface area contributed by atoms with Crippen molar-refractivity contribution >= 4 is 20.1 Å². The molecule has 5 heteroatoms. The number of Topliss-reactive ketones (excluding diaryl/α,β-unsaturated/α-hetero) is 1. The van der Waals surface area contributed by atoms with Crippen LogP contribution in [-0.4, -0.2) is 20.1 Å². The Labute approximate surface area is 120 Å². The molecule has 1 rings (SSSR count). The third-order valence-electron chi connectivity index (χ3n) is 2.30. The summed E-state index contributed by atoms with van der Waals surface area (Å²) in [5.41, 5.74) is 0.395. The second-order valence-electron chi connectivity index (χ2n) is 5.41. The summed E-state index contributed by atoms with van der Waals surface area (Å²) >= 11 is 0. The summed E-state index contributed by atoms with van der Waals surface area (Å²) in [6, 6.07) is 8.54. The van der Waals surface area contributed by atoms with Crippen molar-refractivity contribution in [2.45, 2.75) is 33.5 Å². The molecule has 20 heavy (non-hydrogen) atoms. The van der Waals surface area contributed by atoms with Gasteiger partial charge in [0.25, 0.3) is 0 Å². The number of ketones is 1. The van der Waals surface area contributed by atoms with Gasteiger partial charge in [0.1, 0.15) is 5.76 Å². The molecule has 4 nitrogen and oxygen atoms in total. The maximum atomic E-state index is 12.0. The molecule has 0 heterocycles. The van der Waals surface area contributed by atoms with Crippen LogP contribution in [0.1, 0.15) is 24.2 Å². The summed E-state index contributed by atoms with van der Waals surface area (Å²) in [4.78, 5) is 23.6. The van der Waals surface area contributed by atoms with Crippen molar-refractivity contribution in [1.82, 2.24) is 0 Å². The lowest BCUT2D eigenvalue weighted by molar-refractivity contribution is -0.116. The van der Waals surface area contributed by atoms with E-state index in [1.54, 1.807) is 37.3 Å². The van der Waals surface area contributed by atoms with Crippen LogP contribution in [-0.2, 0) is 14.0 Å². The molecule has 0 aliphatic carbocycles. The Morgan fingerprint density at radius 2 is 1.55 bits per heavy atom. The summed E-state index contributed by atoms with van der Waals surface area (Å²) in [6.07, 6.45) is 0. The van der Waals surface area contributed by atoms with Crippen molar-refractivity contribution in [1.29, 1.82) is 0 Å². The van der Waals surface area contributed by atoms with Crippen molar-refractivity contribution in [2.75, 3.05) is 0 Å².